The van der Waals surface area contributed by atoms with Crippen molar-refractivity contribution in [1.29, 1.82) is 0 Å². The number of ether oxygens (including phenoxy) is 6. The number of carbonyl (C=O) groups excluding carboxylic acids is 2. The van der Waals surface area contributed by atoms with Gasteiger partial charge in [0.15, 0.2) is 0 Å². The summed E-state index contributed by atoms with van der Waals surface area (Å²) in [4.78, 5) is 23.7. The lowest BCUT2D eigenvalue weighted by Gasteiger charge is -2.30. The molecule has 0 aliphatic rings. The second-order valence-corrected chi connectivity index (χ2v) is 8.88. The molecule has 0 heterocycles. The zero-order chi connectivity index (χ0) is 33.0. The predicted octanol–water partition coefficient (Wildman–Crippen LogP) is 2.60. The monoisotopic (exact) mass is 667 g/mol. The molecule has 0 saturated carbocycles. The second-order valence-electron chi connectivity index (χ2n) is 8.39. The van der Waals surface area contributed by atoms with Gasteiger partial charge >= 0.3 is 30.3 Å². The number of nitrogens with two attached hydrogens (primary N) is 1. The maximum absolute atomic E-state index is 13.8. The molecule has 20 heteroatoms. The minimum atomic E-state index is -6.48. The number of thiocarbonyl (C=S) groups is 1. The summed E-state index contributed by atoms with van der Waals surface area (Å²) >= 11 is 5.03. The molecular formula is C23H37F8N3O8S. The van der Waals surface area contributed by atoms with E-state index >= 15 is 0 Å². The van der Waals surface area contributed by atoms with Crippen molar-refractivity contribution >= 4 is 28.9 Å². The highest BCUT2D eigenvalue weighted by Gasteiger charge is 2.69. The van der Waals surface area contributed by atoms with E-state index < -0.39 is 62.1 Å². The van der Waals surface area contributed by atoms with Gasteiger partial charge in [-0.25, -0.2) is 9.47 Å². The van der Waals surface area contributed by atoms with Crippen molar-refractivity contribution in [3.05, 3.63) is 0 Å². The maximum Gasteiger partial charge on any atom is 0.453 e. The van der Waals surface area contributed by atoms with Gasteiger partial charge in [0.1, 0.15) is 0 Å². The van der Waals surface area contributed by atoms with E-state index in [4.69, 9.17) is 36.9 Å². The largest absolute Gasteiger partial charge is 0.453 e. The highest BCUT2D eigenvalue weighted by atomic mass is 32.1. The minimum absolute atomic E-state index is 0.0138. The lowest BCUT2D eigenvalue weighted by Crippen LogP contribution is -2.56. The fraction of sp³-hybridized carbons (Fsp3) is 0.870. The van der Waals surface area contributed by atoms with Crippen LogP contribution in [0.1, 0.15) is 32.6 Å². The van der Waals surface area contributed by atoms with Crippen LogP contribution in [0.5, 0.6) is 0 Å². The molecule has 0 aromatic carbocycles. The average molecular weight is 668 g/mol. The lowest BCUT2D eigenvalue weighted by molar-refractivity contribution is -0.499. The van der Waals surface area contributed by atoms with Crippen LogP contribution >= 0.6 is 12.2 Å². The molecule has 0 spiro atoms. The minimum Gasteiger partial charge on any atom is -0.379 e. The summed E-state index contributed by atoms with van der Waals surface area (Å²) in [6, 6.07) is 0. The van der Waals surface area contributed by atoms with Crippen molar-refractivity contribution in [2.45, 2.75) is 57.0 Å². The molecule has 1 amide bonds. The van der Waals surface area contributed by atoms with Crippen LogP contribution in [0.2, 0.25) is 0 Å². The summed E-state index contributed by atoms with van der Waals surface area (Å²) in [6.07, 6.45) is -24.1. The van der Waals surface area contributed by atoms with Crippen LogP contribution in [0.3, 0.4) is 0 Å². The molecule has 0 aliphatic heterocycles. The van der Waals surface area contributed by atoms with Crippen LogP contribution in [0.4, 0.5) is 35.1 Å². The molecule has 11 nitrogen and oxygen atoms in total. The Balaban J connectivity index is 4.50. The molecule has 4 N–H and O–H groups in total. The topological polar surface area (TPSA) is 140 Å². The van der Waals surface area contributed by atoms with Gasteiger partial charge in [0.25, 0.3) is 0 Å². The Bertz CT molecular complexity index is 831. The average Bonchev–Trinajstić information content (AvgIpc) is 2.89. The fourth-order valence-corrected chi connectivity index (χ4v) is 2.98. The molecule has 43 heavy (non-hydrogen) atoms. The van der Waals surface area contributed by atoms with Crippen LogP contribution in [0.25, 0.3) is 0 Å². The molecule has 0 aromatic rings. The molecule has 0 radical (unpaired) electrons. The van der Waals surface area contributed by atoms with E-state index in [1.807, 2.05) is 6.92 Å². The fourth-order valence-electron chi connectivity index (χ4n) is 2.67. The predicted molar refractivity (Wildman–Crippen MR) is 137 cm³/mol. The van der Waals surface area contributed by atoms with E-state index in [0.29, 0.717) is 11.5 Å². The summed E-state index contributed by atoms with van der Waals surface area (Å²) < 4.78 is 135. The van der Waals surface area contributed by atoms with Gasteiger partial charge in [0.05, 0.1) is 51.2 Å². The number of nitrogens with one attached hydrogen (secondary N) is 2. The number of carbonyl (C=O) groups is 2. The van der Waals surface area contributed by atoms with Gasteiger partial charge in [-0.2, -0.15) is 35.1 Å². The number of Topliss-reactive ketones (excluding diaryl/α,β-unsaturated/α-hetero) is 1. The zero-order valence-electron chi connectivity index (χ0n) is 23.4. The molecular weight excluding hydrogens is 630 g/mol. The first-order chi connectivity index (χ1) is 20.0. The summed E-state index contributed by atoms with van der Waals surface area (Å²) in [5, 5.41) is 4.34. The second kappa shape index (κ2) is 21.0. The van der Waals surface area contributed by atoms with Crippen LogP contribution in [0, 0.1) is 0 Å². The van der Waals surface area contributed by atoms with E-state index in [1.54, 1.807) is 0 Å². The normalized spacial score (nSPS) is 12.8. The van der Waals surface area contributed by atoms with Crippen LogP contribution in [-0.4, -0.2) is 114 Å². The van der Waals surface area contributed by atoms with Gasteiger partial charge in [-0.1, -0.05) is 19.1 Å². The summed E-state index contributed by atoms with van der Waals surface area (Å²) in [5.41, 5.74) is 5.17. The van der Waals surface area contributed by atoms with Crippen molar-refractivity contribution in [2.75, 3.05) is 72.5 Å². The van der Waals surface area contributed by atoms with Crippen LogP contribution in [0.15, 0.2) is 0 Å². The number of rotatable bonds is 27. The first kappa shape index (κ1) is 41.2. The van der Waals surface area contributed by atoms with E-state index in [-0.39, 0.29) is 52.8 Å². The van der Waals surface area contributed by atoms with Crippen LogP contribution in [-0.2, 0) is 38.0 Å². The zero-order valence-corrected chi connectivity index (χ0v) is 24.2. The molecule has 0 rings (SSSR count). The molecule has 254 valence electrons. The van der Waals surface area contributed by atoms with E-state index in [0.717, 1.165) is 12.8 Å². The van der Waals surface area contributed by atoms with Gasteiger partial charge in [-0.3, -0.25) is 9.59 Å². The Labute approximate surface area is 248 Å². The van der Waals surface area contributed by atoms with Gasteiger partial charge < -0.3 is 35.3 Å². The highest BCUT2D eigenvalue weighted by molar-refractivity contribution is 7.80. The quantitative estimate of drug-likeness (QED) is 0.0677. The third-order valence-electron chi connectivity index (χ3n) is 4.72. The standard InChI is InChI=1S/C23H37F8N3O8S/c1-2-4-18(43)33-7-11-39-15-16-40-12-8-34-19(36)21(26,27)42-23(30,31)22(28,29)41-20(24,25)17(35)5-3-9-37-13-14-38-10-6-32/h2-16,32H2,1H3,(H,33,43)(H,34,36). The van der Waals surface area contributed by atoms with Crippen molar-refractivity contribution in [1.82, 2.24) is 10.6 Å². The first-order valence-electron chi connectivity index (χ1n) is 13.0. The first-order valence-corrected chi connectivity index (χ1v) is 13.4. The van der Waals surface area contributed by atoms with E-state index in [2.05, 4.69) is 14.8 Å². The summed E-state index contributed by atoms with van der Waals surface area (Å²) in [7, 11) is 0. The van der Waals surface area contributed by atoms with Gasteiger partial charge in [0.2, 0.25) is 5.78 Å². The lowest BCUT2D eigenvalue weighted by atomic mass is 10.2. The number of halogens is 8. The van der Waals surface area contributed by atoms with Crippen molar-refractivity contribution < 1.29 is 73.1 Å². The molecule has 0 saturated heterocycles. The molecule has 0 aromatic heterocycles. The number of hydrogen-bond acceptors (Lipinski definition) is 10. The number of ketones is 1. The van der Waals surface area contributed by atoms with Crippen LogP contribution < -0.4 is 16.4 Å². The third-order valence-corrected chi connectivity index (χ3v) is 5.07. The molecule has 0 fully saturated rings. The van der Waals surface area contributed by atoms with E-state index in [9.17, 15) is 44.7 Å². The summed E-state index contributed by atoms with van der Waals surface area (Å²) in [5.74, 6) is -4.97. The van der Waals surface area contributed by atoms with Crippen molar-refractivity contribution in [2.24, 2.45) is 5.73 Å². The number of hydrogen-bond donors (Lipinski definition) is 3. The molecule has 0 bridgehead atoms. The third kappa shape index (κ3) is 17.9. The van der Waals surface area contributed by atoms with Gasteiger partial charge in [-0.05, 0) is 19.3 Å². The molecule has 0 aliphatic carbocycles. The smallest absolute Gasteiger partial charge is 0.379 e. The maximum atomic E-state index is 13.8. The van der Waals surface area contributed by atoms with Crippen molar-refractivity contribution in [3.8, 4) is 0 Å². The Hall–Kier alpha value is -1.81. The Morgan fingerprint density at radius 3 is 1.65 bits per heavy atom. The SMILES string of the molecule is CCCC(=S)NCCOCCOCCNC(=O)C(F)(F)OC(F)(F)C(F)(F)OC(F)(F)C(=O)CCCOCCOCCN. The Morgan fingerprint density at radius 1 is 0.674 bits per heavy atom. The number of amides is 1. The van der Waals surface area contributed by atoms with Gasteiger partial charge in [0, 0.05) is 32.7 Å². The Morgan fingerprint density at radius 2 is 1.14 bits per heavy atom. The molecule has 0 atom stereocenters. The Kier molecular flexibility index (Phi) is 20.1. The van der Waals surface area contributed by atoms with E-state index in [1.165, 1.54) is 5.32 Å². The summed E-state index contributed by atoms with van der Waals surface area (Å²) in [6.45, 7) is 1.82. The number of alkyl halides is 8. The highest BCUT2D eigenvalue weighted by Crippen LogP contribution is 2.43. The van der Waals surface area contributed by atoms with Crippen molar-refractivity contribution in [3.63, 3.8) is 0 Å². The van der Waals surface area contributed by atoms with Gasteiger partial charge in [-0.15, -0.1) is 0 Å². The molecule has 0 unspecified atom stereocenters.